The van der Waals surface area contributed by atoms with Gasteiger partial charge in [0.15, 0.2) is 0 Å². The van der Waals surface area contributed by atoms with Gasteiger partial charge in [-0.3, -0.25) is 9.69 Å². The first-order valence-corrected chi connectivity index (χ1v) is 11.7. The fourth-order valence-electron chi connectivity index (χ4n) is 4.10. The Hall–Kier alpha value is -3.05. The van der Waals surface area contributed by atoms with E-state index in [0.717, 1.165) is 45.0 Å². The molecule has 2 N–H and O–H groups in total. The maximum Gasteiger partial charge on any atom is 0.508 e. The molecule has 1 amide bonds. The molecule has 1 atom stereocenters. The SMILES string of the molecule is CCOC(=O)OCCOC(=O)C(NC=O)Oc1ccc(N2CCN(C3CCNCC3)CC2)cc1. The van der Waals surface area contributed by atoms with Crippen LogP contribution in [0.15, 0.2) is 24.3 Å². The van der Waals surface area contributed by atoms with Crippen LogP contribution in [0.2, 0.25) is 0 Å². The number of ether oxygens (including phenoxy) is 4. The van der Waals surface area contributed by atoms with Crippen molar-refractivity contribution in [3.8, 4) is 5.75 Å². The molecule has 2 aliphatic rings. The predicted octanol–water partition coefficient (Wildman–Crippen LogP) is 0.728. The highest BCUT2D eigenvalue weighted by molar-refractivity contribution is 5.77. The lowest BCUT2D eigenvalue weighted by atomic mass is 10.0. The Kier molecular flexibility index (Phi) is 10.2. The molecule has 2 fully saturated rings. The Bertz CT molecular complexity index is 778. The lowest BCUT2D eigenvalue weighted by Crippen LogP contribution is -2.52. The summed E-state index contributed by atoms with van der Waals surface area (Å²) in [6, 6.07) is 8.06. The summed E-state index contributed by atoms with van der Waals surface area (Å²) in [4.78, 5) is 39.2. The maximum absolute atomic E-state index is 12.2. The summed E-state index contributed by atoms with van der Waals surface area (Å²) >= 11 is 0. The lowest BCUT2D eigenvalue weighted by Gasteiger charge is -2.41. The summed E-state index contributed by atoms with van der Waals surface area (Å²) in [6.07, 6.45) is 0.618. The van der Waals surface area contributed by atoms with Crippen molar-refractivity contribution < 1.29 is 33.3 Å². The first-order valence-electron chi connectivity index (χ1n) is 11.7. The van der Waals surface area contributed by atoms with Crippen LogP contribution in [-0.4, -0.2) is 94.8 Å². The van der Waals surface area contributed by atoms with E-state index in [1.807, 2.05) is 12.1 Å². The molecule has 11 heteroatoms. The number of rotatable bonds is 11. The maximum atomic E-state index is 12.2. The number of carbonyl (C=O) groups is 3. The summed E-state index contributed by atoms with van der Waals surface area (Å²) in [5, 5.41) is 5.70. The molecule has 1 unspecified atom stereocenters. The molecule has 2 saturated heterocycles. The number of esters is 1. The summed E-state index contributed by atoms with van der Waals surface area (Å²) in [6.45, 7) is 7.67. The Morgan fingerprint density at radius 1 is 1.06 bits per heavy atom. The smallest absolute Gasteiger partial charge is 0.459 e. The van der Waals surface area contributed by atoms with E-state index in [4.69, 9.17) is 14.2 Å². The van der Waals surface area contributed by atoms with Crippen LogP contribution in [0.1, 0.15) is 19.8 Å². The molecule has 188 valence electrons. The first kappa shape index (κ1) is 25.6. The molecule has 0 spiro atoms. The number of carbonyl (C=O) groups excluding carboxylic acids is 3. The van der Waals surface area contributed by atoms with Crippen LogP contribution < -0.4 is 20.3 Å². The molecule has 34 heavy (non-hydrogen) atoms. The van der Waals surface area contributed by atoms with Crippen LogP contribution in [0.3, 0.4) is 0 Å². The third-order valence-corrected chi connectivity index (χ3v) is 5.84. The molecule has 3 rings (SSSR count). The minimum absolute atomic E-state index is 0.169. The van der Waals surface area contributed by atoms with Gasteiger partial charge in [-0.2, -0.15) is 0 Å². The molecule has 0 aromatic heterocycles. The molecule has 2 aliphatic heterocycles. The third kappa shape index (κ3) is 7.77. The number of piperidine rings is 1. The van der Waals surface area contributed by atoms with Crippen LogP contribution in [0.5, 0.6) is 5.75 Å². The summed E-state index contributed by atoms with van der Waals surface area (Å²) in [5.41, 5.74) is 1.08. The van der Waals surface area contributed by atoms with Crippen LogP contribution in [-0.2, 0) is 23.8 Å². The van der Waals surface area contributed by atoms with E-state index in [1.165, 1.54) is 12.8 Å². The third-order valence-electron chi connectivity index (χ3n) is 5.84. The number of amides is 1. The van der Waals surface area contributed by atoms with Gasteiger partial charge in [-0.15, -0.1) is 0 Å². The van der Waals surface area contributed by atoms with E-state index in [0.29, 0.717) is 18.2 Å². The highest BCUT2D eigenvalue weighted by Crippen LogP contribution is 2.23. The quantitative estimate of drug-likeness (QED) is 0.204. The van der Waals surface area contributed by atoms with Gasteiger partial charge in [0.1, 0.15) is 19.0 Å². The topological polar surface area (TPSA) is 119 Å². The van der Waals surface area contributed by atoms with Crippen LogP contribution in [0.25, 0.3) is 0 Å². The van der Waals surface area contributed by atoms with Crippen LogP contribution in [0, 0.1) is 0 Å². The Morgan fingerprint density at radius 3 is 2.38 bits per heavy atom. The van der Waals surface area contributed by atoms with E-state index < -0.39 is 18.4 Å². The highest BCUT2D eigenvalue weighted by atomic mass is 16.7. The summed E-state index contributed by atoms with van der Waals surface area (Å²) in [5.74, 6) is -0.395. The van der Waals surface area contributed by atoms with Crippen molar-refractivity contribution in [2.75, 3.05) is 64.0 Å². The average Bonchev–Trinajstić information content (AvgIpc) is 2.87. The van der Waals surface area contributed by atoms with Crippen molar-refractivity contribution in [1.29, 1.82) is 0 Å². The molecular formula is C23H34N4O7. The second-order valence-corrected chi connectivity index (χ2v) is 7.98. The van der Waals surface area contributed by atoms with Gasteiger partial charge in [0, 0.05) is 37.9 Å². The van der Waals surface area contributed by atoms with Gasteiger partial charge in [-0.1, -0.05) is 0 Å². The first-order chi connectivity index (χ1) is 16.6. The minimum Gasteiger partial charge on any atom is -0.459 e. The van der Waals surface area contributed by atoms with E-state index in [9.17, 15) is 14.4 Å². The predicted molar refractivity (Wildman–Crippen MR) is 124 cm³/mol. The molecule has 2 heterocycles. The van der Waals surface area contributed by atoms with E-state index >= 15 is 0 Å². The monoisotopic (exact) mass is 478 g/mol. The standard InChI is InChI=1S/C23H34N4O7/c1-2-31-23(30)33-16-15-32-22(29)21(25-17-28)34-20-5-3-18(4-6-20)26-11-13-27(14-12-26)19-7-9-24-10-8-19/h3-6,17,19,21,24H,2,7-16H2,1H3,(H,25,28). The largest absolute Gasteiger partial charge is 0.508 e. The average molecular weight is 479 g/mol. The second kappa shape index (κ2) is 13.6. The normalized spacial score (nSPS) is 18.0. The Morgan fingerprint density at radius 2 is 1.74 bits per heavy atom. The zero-order chi connectivity index (χ0) is 24.2. The molecule has 1 aromatic rings. The fraction of sp³-hybridized carbons (Fsp3) is 0.609. The number of nitrogens with zero attached hydrogens (tertiary/aromatic N) is 2. The number of anilines is 1. The van der Waals surface area contributed by atoms with Gasteiger partial charge in [0.2, 0.25) is 6.41 Å². The van der Waals surface area contributed by atoms with Gasteiger partial charge < -0.3 is 34.5 Å². The Balaban J connectivity index is 1.44. The van der Waals surface area contributed by atoms with E-state index in [1.54, 1.807) is 19.1 Å². The number of hydrogen-bond acceptors (Lipinski definition) is 10. The van der Waals surface area contributed by atoms with Gasteiger partial charge in [-0.25, -0.2) is 9.59 Å². The molecule has 0 aliphatic carbocycles. The molecule has 0 saturated carbocycles. The molecular weight excluding hydrogens is 444 g/mol. The number of hydrogen-bond donors (Lipinski definition) is 2. The van der Waals surface area contributed by atoms with Crippen LogP contribution >= 0.6 is 0 Å². The number of benzene rings is 1. The van der Waals surface area contributed by atoms with Crippen molar-refractivity contribution in [2.24, 2.45) is 0 Å². The van der Waals surface area contributed by atoms with Crippen LogP contribution in [0.4, 0.5) is 10.5 Å². The lowest BCUT2D eigenvalue weighted by molar-refractivity contribution is -0.155. The minimum atomic E-state index is -1.32. The second-order valence-electron chi connectivity index (χ2n) is 7.98. The van der Waals surface area contributed by atoms with Crippen molar-refractivity contribution in [2.45, 2.75) is 32.0 Å². The summed E-state index contributed by atoms with van der Waals surface area (Å²) < 4.78 is 19.9. The van der Waals surface area contributed by atoms with Crippen molar-refractivity contribution in [3.05, 3.63) is 24.3 Å². The summed E-state index contributed by atoms with van der Waals surface area (Å²) in [7, 11) is 0. The van der Waals surface area contributed by atoms with Gasteiger partial charge in [0.25, 0.3) is 6.23 Å². The van der Waals surface area contributed by atoms with Gasteiger partial charge in [-0.05, 0) is 57.1 Å². The molecule has 11 nitrogen and oxygen atoms in total. The zero-order valence-electron chi connectivity index (χ0n) is 19.6. The fourth-order valence-corrected chi connectivity index (χ4v) is 4.10. The van der Waals surface area contributed by atoms with Gasteiger partial charge >= 0.3 is 12.1 Å². The highest BCUT2D eigenvalue weighted by Gasteiger charge is 2.25. The molecule has 1 aromatic carbocycles. The van der Waals surface area contributed by atoms with E-state index in [-0.39, 0.29) is 19.8 Å². The zero-order valence-corrected chi connectivity index (χ0v) is 19.6. The number of piperazine rings is 1. The van der Waals surface area contributed by atoms with E-state index in [2.05, 4.69) is 25.2 Å². The number of nitrogens with one attached hydrogen (secondary N) is 2. The van der Waals surface area contributed by atoms with Crippen molar-refractivity contribution in [3.63, 3.8) is 0 Å². The van der Waals surface area contributed by atoms with Crippen molar-refractivity contribution in [1.82, 2.24) is 15.5 Å². The molecule has 0 radical (unpaired) electrons. The Labute approximate surface area is 199 Å². The van der Waals surface area contributed by atoms with Gasteiger partial charge in [0.05, 0.1) is 6.61 Å². The van der Waals surface area contributed by atoms with Crippen molar-refractivity contribution >= 4 is 24.2 Å². The molecule has 0 bridgehead atoms.